The van der Waals surface area contributed by atoms with Gasteiger partial charge in [0, 0.05) is 0 Å². The van der Waals surface area contributed by atoms with Gasteiger partial charge in [-0.25, -0.2) is 0 Å². The average molecular weight is 252 g/mol. The number of allylic oxidation sites excluding steroid dienone is 1. The van der Waals surface area contributed by atoms with Gasteiger partial charge in [-0.05, 0) is 31.3 Å². The molecule has 4 nitrogen and oxygen atoms in total. The Morgan fingerprint density at radius 1 is 1.44 bits per heavy atom. The van der Waals surface area contributed by atoms with Crippen LogP contribution in [0.4, 0.5) is 0 Å². The van der Waals surface area contributed by atoms with Crippen LogP contribution >= 0.6 is 0 Å². The highest BCUT2D eigenvalue weighted by Crippen LogP contribution is 2.45. The van der Waals surface area contributed by atoms with Gasteiger partial charge < -0.3 is 9.47 Å². The first-order valence-corrected chi connectivity index (χ1v) is 6.47. The van der Waals surface area contributed by atoms with Crippen LogP contribution in [0, 0.1) is 11.3 Å². The first-order valence-electron chi connectivity index (χ1n) is 6.47. The quantitative estimate of drug-likeness (QED) is 0.558. The van der Waals surface area contributed by atoms with E-state index < -0.39 is 11.5 Å². The van der Waals surface area contributed by atoms with Crippen molar-refractivity contribution >= 4 is 11.9 Å². The van der Waals surface area contributed by atoms with Crippen molar-refractivity contribution in [3.63, 3.8) is 0 Å². The van der Waals surface area contributed by atoms with Gasteiger partial charge in [0.2, 0.25) is 0 Å². The number of ether oxygens (including phenoxy) is 2. The van der Waals surface area contributed by atoms with Gasteiger partial charge in [-0.2, -0.15) is 0 Å². The normalized spacial score (nSPS) is 33.5. The lowest BCUT2D eigenvalue weighted by Gasteiger charge is -2.37. The fourth-order valence-corrected chi connectivity index (χ4v) is 2.62. The summed E-state index contributed by atoms with van der Waals surface area (Å²) in [5, 5.41) is 0. The smallest absolute Gasteiger partial charge is 0.313 e. The largest absolute Gasteiger partial charge is 0.466 e. The van der Waals surface area contributed by atoms with Crippen LogP contribution < -0.4 is 0 Å². The molecule has 0 N–H and O–H groups in total. The zero-order valence-electron chi connectivity index (χ0n) is 11.2. The number of hydrogen-bond acceptors (Lipinski definition) is 4. The highest BCUT2D eigenvalue weighted by molar-refractivity contribution is 5.85. The minimum Gasteiger partial charge on any atom is -0.466 e. The van der Waals surface area contributed by atoms with Crippen LogP contribution in [0.5, 0.6) is 0 Å². The van der Waals surface area contributed by atoms with Crippen molar-refractivity contribution in [1.82, 2.24) is 0 Å². The molecule has 2 atom stereocenters. The first kappa shape index (κ1) is 13.1. The van der Waals surface area contributed by atoms with E-state index in [0.717, 1.165) is 6.42 Å². The predicted molar refractivity (Wildman–Crippen MR) is 65.7 cm³/mol. The molecule has 2 rings (SSSR count). The highest BCUT2D eigenvalue weighted by atomic mass is 16.6. The van der Waals surface area contributed by atoms with Gasteiger partial charge in [0.25, 0.3) is 0 Å². The molecule has 1 aliphatic carbocycles. The number of rotatable bonds is 2. The summed E-state index contributed by atoms with van der Waals surface area (Å²) in [5.41, 5.74) is -0.668. The van der Waals surface area contributed by atoms with E-state index in [0.29, 0.717) is 13.0 Å². The van der Waals surface area contributed by atoms with E-state index in [1.165, 1.54) is 0 Å². The standard InChI is InChI=1S/C14H20O4/c1-4-17-12(16)10-9-11(15)18-14(10)7-5-13(2,3)6-8-14/h5,7,10H,4,6,8-9H2,1-3H3. The van der Waals surface area contributed by atoms with Crippen LogP contribution in [0.2, 0.25) is 0 Å². The van der Waals surface area contributed by atoms with Crippen molar-refractivity contribution in [3.8, 4) is 0 Å². The molecule has 0 amide bonds. The lowest BCUT2D eigenvalue weighted by Crippen LogP contribution is -2.42. The Morgan fingerprint density at radius 2 is 2.17 bits per heavy atom. The first-order chi connectivity index (χ1) is 8.38. The Labute approximate surface area is 107 Å². The zero-order valence-corrected chi connectivity index (χ0v) is 11.2. The van der Waals surface area contributed by atoms with Gasteiger partial charge in [-0.15, -0.1) is 0 Å². The molecule has 0 saturated carbocycles. The summed E-state index contributed by atoms with van der Waals surface area (Å²) in [6.45, 7) is 6.36. The molecule has 18 heavy (non-hydrogen) atoms. The van der Waals surface area contributed by atoms with E-state index in [2.05, 4.69) is 13.8 Å². The summed E-state index contributed by atoms with van der Waals surface area (Å²) >= 11 is 0. The lowest BCUT2D eigenvalue weighted by atomic mass is 9.72. The number of hydrogen-bond donors (Lipinski definition) is 0. The minimum absolute atomic E-state index is 0.0967. The third-order valence-corrected chi connectivity index (χ3v) is 3.81. The summed E-state index contributed by atoms with van der Waals surface area (Å²) in [4.78, 5) is 23.5. The Morgan fingerprint density at radius 3 is 2.72 bits per heavy atom. The van der Waals surface area contributed by atoms with Gasteiger partial charge in [-0.3, -0.25) is 9.59 Å². The lowest BCUT2D eigenvalue weighted by molar-refractivity contribution is -0.155. The molecule has 0 aromatic rings. The monoisotopic (exact) mass is 252 g/mol. The van der Waals surface area contributed by atoms with E-state index in [1.54, 1.807) is 6.92 Å². The molecule has 1 fully saturated rings. The van der Waals surface area contributed by atoms with Gasteiger partial charge in [0.15, 0.2) is 0 Å². The topological polar surface area (TPSA) is 52.6 Å². The second-order valence-electron chi connectivity index (χ2n) is 5.76. The summed E-state index contributed by atoms with van der Waals surface area (Å²) in [6, 6.07) is 0. The van der Waals surface area contributed by atoms with E-state index in [-0.39, 0.29) is 23.8 Å². The van der Waals surface area contributed by atoms with E-state index in [1.807, 2.05) is 12.2 Å². The third kappa shape index (κ3) is 2.28. The van der Waals surface area contributed by atoms with Gasteiger partial charge >= 0.3 is 11.9 Å². The molecule has 2 aliphatic rings. The summed E-state index contributed by atoms with van der Waals surface area (Å²) < 4.78 is 10.5. The van der Waals surface area contributed by atoms with Gasteiger partial charge in [0.05, 0.1) is 13.0 Å². The van der Waals surface area contributed by atoms with Gasteiger partial charge in [0.1, 0.15) is 11.5 Å². The summed E-state index contributed by atoms with van der Waals surface area (Å²) in [6.07, 6.45) is 5.65. The number of carbonyl (C=O) groups excluding carboxylic acids is 2. The van der Waals surface area contributed by atoms with E-state index in [4.69, 9.17) is 9.47 Å². The molecule has 100 valence electrons. The van der Waals surface area contributed by atoms with Crippen LogP contribution in [0.25, 0.3) is 0 Å². The van der Waals surface area contributed by atoms with Crippen LogP contribution in [0.15, 0.2) is 12.2 Å². The third-order valence-electron chi connectivity index (χ3n) is 3.81. The van der Waals surface area contributed by atoms with Crippen LogP contribution in [0.1, 0.15) is 40.0 Å². The molecule has 2 unspecified atom stereocenters. The predicted octanol–water partition coefficient (Wildman–Crippen LogP) is 2.23. The van der Waals surface area contributed by atoms with Crippen molar-refractivity contribution in [2.24, 2.45) is 11.3 Å². The Hall–Kier alpha value is -1.32. The maximum atomic E-state index is 11.9. The molecule has 1 heterocycles. The number of carbonyl (C=O) groups is 2. The average Bonchev–Trinajstić information content (AvgIpc) is 2.61. The Kier molecular flexibility index (Phi) is 3.21. The fourth-order valence-electron chi connectivity index (χ4n) is 2.62. The minimum atomic E-state index is -0.765. The van der Waals surface area contributed by atoms with Crippen LogP contribution in [0.3, 0.4) is 0 Å². The van der Waals surface area contributed by atoms with Crippen LogP contribution in [-0.4, -0.2) is 24.1 Å². The SMILES string of the molecule is CCOC(=O)C1CC(=O)OC12C=CC(C)(C)CC2. The summed E-state index contributed by atoms with van der Waals surface area (Å²) in [5.74, 6) is -1.12. The molecule has 4 heteroatoms. The second-order valence-corrected chi connectivity index (χ2v) is 5.76. The van der Waals surface area contributed by atoms with E-state index in [9.17, 15) is 9.59 Å². The molecule has 0 aromatic carbocycles. The molecule has 1 saturated heterocycles. The molecule has 1 spiro atoms. The zero-order chi connectivity index (χ0) is 13.4. The summed E-state index contributed by atoms with van der Waals surface area (Å²) in [7, 11) is 0. The van der Waals surface area contributed by atoms with Crippen LogP contribution in [-0.2, 0) is 19.1 Å². The number of esters is 2. The molecular formula is C14H20O4. The van der Waals surface area contributed by atoms with Crippen molar-refractivity contribution < 1.29 is 19.1 Å². The maximum absolute atomic E-state index is 11.9. The molecule has 0 radical (unpaired) electrons. The fraction of sp³-hybridized carbons (Fsp3) is 0.714. The Bertz CT molecular complexity index is 397. The van der Waals surface area contributed by atoms with Gasteiger partial charge in [-0.1, -0.05) is 19.9 Å². The molecular weight excluding hydrogens is 232 g/mol. The Balaban J connectivity index is 2.25. The van der Waals surface area contributed by atoms with Crippen molar-refractivity contribution in [2.45, 2.75) is 45.6 Å². The molecule has 1 aliphatic heterocycles. The van der Waals surface area contributed by atoms with Crippen molar-refractivity contribution in [2.75, 3.05) is 6.61 Å². The van der Waals surface area contributed by atoms with Crippen molar-refractivity contribution in [1.29, 1.82) is 0 Å². The molecule has 0 bridgehead atoms. The molecule has 0 aromatic heterocycles. The highest BCUT2D eigenvalue weighted by Gasteiger charge is 2.53. The van der Waals surface area contributed by atoms with Crippen molar-refractivity contribution in [3.05, 3.63) is 12.2 Å². The maximum Gasteiger partial charge on any atom is 0.313 e. The second kappa shape index (κ2) is 4.41. The van der Waals surface area contributed by atoms with E-state index >= 15 is 0 Å².